The van der Waals surface area contributed by atoms with Crippen molar-refractivity contribution in [3.8, 4) is 0 Å². The van der Waals surface area contributed by atoms with Crippen LogP contribution in [0.15, 0.2) is 65.4 Å². The zero-order valence-corrected chi connectivity index (χ0v) is 19.8. The number of carbonyl (C=O) groups excluding carboxylic acids is 1. The Balaban J connectivity index is 1.35. The summed E-state index contributed by atoms with van der Waals surface area (Å²) in [6, 6.07) is 18.0. The third kappa shape index (κ3) is 4.05. The van der Waals surface area contributed by atoms with Crippen molar-refractivity contribution in [1.82, 2.24) is 0 Å². The molecule has 4 nitrogen and oxygen atoms in total. The van der Waals surface area contributed by atoms with Gasteiger partial charge in [0.25, 0.3) is 0 Å². The van der Waals surface area contributed by atoms with Crippen LogP contribution in [0.3, 0.4) is 0 Å². The Bertz CT molecular complexity index is 975. The highest BCUT2D eigenvalue weighted by molar-refractivity contribution is 7.12. The van der Waals surface area contributed by atoms with Gasteiger partial charge in [-0.15, -0.1) is 22.7 Å². The third-order valence-electron chi connectivity index (χ3n) is 7.32. The molecule has 0 spiro atoms. The lowest BCUT2D eigenvalue weighted by Crippen LogP contribution is -2.66. The molecule has 1 N–H and O–H groups in total. The lowest BCUT2D eigenvalue weighted by atomic mass is 9.84. The van der Waals surface area contributed by atoms with Crippen LogP contribution in [-0.2, 0) is 21.6 Å². The molecule has 0 amide bonds. The number of aliphatic hydroxyl groups is 1. The molecule has 0 radical (unpaired) electrons. The first-order valence-electron chi connectivity index (χ1n) is 11.5. The Hall–Kier alpha value is -1.99. The number of rotatable bonds is 8. The van der Waals surface area contributed by atoms with Gasteiger partial charge >= 0.3 is 5.97 Å². The summed E-state index contributed by atoms with van der Waals surface area (Å²) in [6.07, 6.45) is 5.26. The molecule has 1 aromatic carbocycles. The Labute approximate surface area is 197 Å². The minimum absolute atomic E-state index is 0.169. The predicted octanol–water partition coefficient (Wildman–Crippen LogP) is 5.18. The molecule has 0 aliphatic carbocycles. The minimum Gasteiger partial charge on any atom is -0.410 e. The maximum absolute atomic E-state index is 13.6. The number of fused-ring (bicyclic) bond motifs is 3. The molecule has 5 heterocycles. The fraction of sp³-hybridized carbons (Fsp3) is 0.423. The van der Waals surface area contributed by atoms with E-state index in [4.69, 9.17) is 4.74 Å². The van der Waals surface area contributed by atoms with Crippen LogP contribution in [-0.4, -0.2) is 41.4 Å². The molecular formula is C26H30NO3S2+. The summed E-state index contributed by atoms with van der Waals surface area (Å²) in [4.78, 5) is 14.8. The third-order valence-corrected chi connectivity index (χ3v) is 9.27. The van der Waals surface area contributed by atoms with Crippen LogP contribution in [0.25, 0.3) is 0 Å². The molecule has 3 aliphatic heterocycles. The first-order valence-corrected chi connectivity index (χ1v) is 13.3. The van der Waals surface area contributed by atoms with E-state index in [2.05, 4.69) is 30.3 Å². The van der Waals surface area contributed by atoms with Crippen molar-refractivity contribution in [2.75, 3.05) is 19.6 Å². The summed E-state index contributed by atoms with van der Waals surface area (Å²) in [5, 5.41) is 15.4. The van der Waals surface area contributed by atoms with Gasteiger partial charge in [0.05, 0.1) is 29.4 Å². The van der Waals surface area contributed by atoms with Gasteiger partial charge in [-0.25, -0.2) is 4.79 Å². The van der Waals surface area contributed by atoms with Gasteiger partial charge in [-0.1, -0.05) is 42.5 Å². The van der Waals surface area contributed by atoms with Gasteiger partial charge in [-0.05, 0) is 40.8 Å². The van der Waals surface area contributed by atoms with Crippen LogP contribution >= 0.6 is 22.7 Å². The number of aryl methyl sites for hydroxylation is 1. The smallest absolute Gasteiger partial charge is 0.353 e. The number of ether oxygens (including phenoxy) is 1. The molecule has 2 aromatic heterocycles. The molecule has 1 atom stereocenters. The topological polar surface area (TPSA) is 46.5 Å². The van der Waals surface area contributed by atoms with Gasteiger partial charge in [-0.3, -0.25) is 4.48 Å². The molecule has 3 aliphatic rings. The lowest BCUT2D eigenvalue weighted by Gasteiger charge is -2.53. The molecule has 0 unspecified atom stereocenters. The monoisotopic (exact) mass is 468 g/mol. The van der Waals surface area contributed by atoms with Crippen molar-refractivity contribution in [2.24, 2.45) is 5.92 Å². The minimum atomic E-state index is -1.73. The van der Waals surface area contributed by atoms with Crippen molar-refractivity contribution in [2.45, 2.75) is 43.9 Å². The summed E-state index contributed by atoms with van der Waals surface area (Å²) in [6.45, 7) is 3.14. The molecular weight excluding hydrogens is 438 g/mol. The Morgan fingerprint density at radius 3 is 2.25 bits per heavy atom. The highest BCUT2D eigenvalue weighted by atomic mass is 32.1. The second-order valence-electron chi connectivity index (χ2n) is 9.18. The largest absolute Gasteiger partial charge is 0.410 e. The highest BCUT2D eigenvalue weighted by Gasteiger charge is 2.52. The van der Waals surface area contributed by atoms with Crippen molar-refractivity contribution < 1.29 is 19.1 Å². The zero-order chi connectivity index (χ0) is 22.0. The Kier molecular flexibility index (Phi) is 6.21. The van der Waals surface area contributed by atoms with E-state index >= 15 is 0 Å². The van der Waals surface area contributed by atoms with Crippen molar-refractivity contribution in [1.29, 1.82) is 0 Å². The van der Waals surface area contributed by atoms with E-state index in [0.717, 1.165) is 43.4 Å². The fourth-order valence-electron chi connectivity index (χ4n) is 5.44. The average Bonchev–Trinajstić information content (AvgIpc) is 3.55. The molecule has 168 valence electrons. The van der Waals surface area contributed by atoms with E-state index in [1.807, 2.05) is 35.0 Å². The second kappa shape index (κ2) is 9.10. The normalized spacial score (nSPS) is 25.0. The number of hydrogen-bond acceptors (Lipinski definition) is 5. The quantitative estimate of drug-likeness (QED) is 0.366. The number of nitrogens with zero attached hydrogens (tertiary/aromatic N) is 1. The van der Waals surface area contributed by atoms with Crippen LogP contribution in [0.1, 0.15) is 41.0 Å². The van der Waals surface area contributed by atoms with Crippen molar-refractivity contribution >= 4 is 28.6 Å². The standard InChI is InChI=1S/C26H30NO3S2/c28-25(26(29,22-10-5-17-31-22)23-11-6-18-32-23)30-24-19-21-12-15-27(24,16-13-21)14-4-9-20-7-2-1-3-8-20/h1-3,5-8,10-11,17-18,21,24,29H,4,9,12-16,19H2/q+1/t21?,24-,27?/m1/s1. The number of hydrogen-bond donors (Lipinski definition) is 1. The Morgan fingerprint density at radius 1 is 1.00 bits per heavy atom. The van der Waals surface area contributed by atoms with Crippen molar-refractivity contribution in [3.05, 3.63) is 80.7 Å². The molecule has 6 rings (SSSR count). The van der Waals surface area contributed by atoms with Gasteiger partial charge in [0.2, 0.25) is 11.8 Å². The summed E-state index contributed by atoms with van der Waals surface area (Å²) >= 11 is 2.79. The van der Waals surface area contributed by atoms with Gasteiger partial charge in [0.15, 0.2) is 0 Å². The average molecular weight is 469 g/mol. The summed E-state index contributed by atoms with van der Waals surface area (Å²) in [5.41, 5.74) is -0.371. The van der Waals surface area contributed by atoms with Gasteiger partial charge in [0.1, 0.15) is 0 Å². The van der Waals surface area contributed by atoms with Crippen molar-refractivity contribution in [3.63, 3.8) is 0 Å². The van der Waals surface area contributed by atoms with E-state index in [1.165, 1.54) is 41.1 Å². The molecule has 3 saturated heterocycles. The summed E-state index contributed by atoms with van der Waals surface area (Å²) in [5.74, 6) is 0.0963. The number of thiophene rings is 2. The first kappa shape index (κ1) is 21.8. The van der Waals surface area contributed by atoms with Gasteiger partial charge in [0, 0.05) is 25.7 Å². The van der Waals surface area contributed by atoms with Crippen LogP contribution < -0.4 is 0 Å². The number of esters is 1. The Morgan fingerprint density at radius 2 is 1.66 bits per heavy atom. The maximum atomic E-state index is 13.6. The highest BCUT2D eigenvalue weighted by Crippen LogP contribution is 2.42. The van der Waals surface area contributed by atoms with Gasteiger partial charge in [-0.2, -0.15) is 0 Å². The first-order chi connectivity index (χ1) is 15.6. The summed E-state index contributed by atoms with van der Waals surface area (Å²) in [7, 11) is 0. The van der Waals surface area contributed by atoms with E-state index in [9.17, 15) is 9.90 Å². The van der Waals surface area contributed by atoms with E-state index in [-0.39, 0.29) is 6.23 Å². The fourth-order valence-corrected chi connectivity index (χ4v) is 7.15. The van der Waals surface area contributed by atoms with Gasteiger partial charge < -0.3 is 9.84 Å². The molecule has 2 bridgehead atoms. The van der Waals surface area contributed by atoms with Crippen LogP contribution in [0.4, 0.5) is 0 Å². The molecule has 6 heteroatoms. The van der Waals surface area contributed by atoms with Crippen LogP contribution in [0.2, 0.25) is 0 Å². The van der Waals surface area contributed by atoms with E-state index in [1.54, 1.807) is 0 Å². The number of benzene rings is 1. The summed E-state index contributed by atoms with van der Waals surface area (Å²) < 4.78 is 7.09. The number of carbonyl (C=O) groups is 1. The lowest BCUT2D eigenvalue weighted by molar-refractivity contribution is -0.984. The van der Waals surface area contributed by atoms with E-state index < -0.39 is 11.6 Å². The van der Waals surface area contributed by atoms with Crippen LogP contribution in [0, 0.1) is 5.92 Å². The predicted molar refractivity (Wildman–Crippen MR) is 128 cm³/mol. The number of quaternary nitrogens is 1. The van der Waals surface area contributed by atoms with E-state index in [0.29, 0.717) is 15.7 Å². The second-order valence-corrected chi connectivity index (χ2v) is 11.1. The maximum Gasteiger partial charge on any atom is 0.353 e. The number of piperidine rings is 3. The molecule has 3 aromatic rings. The molecule has 3 fully saturated rings. The zero-order valence-electron chi connectivity index (χ0n) is 18.2. The van der Waals surface area contributed by atoms with Crippen LogP contribution in [0.5, 0.6) is 0 Å². The molecule has 32 heavy (non-hydrogen) atoms. The molecule has 0 saturated carbocycles. The SMILES string of the molecule is O=C(O[C@@H]1CC2CC[N+]1(CCCc1ccccc1)CC2)C(O)(c1cccs1)c1cccs1.